The van der Waals surface area contributed by atoms with Crippen molar-refractivity contribution >= 4 is 10.9 Å². The van der Waals surface area contributed by atoms with Crippen LogP contribution in [-0.2, 0) is 6.54 Å². The van der Waals surface area contributed by atoms with E-state index in [2.05, 4.69) is 19.2 Å². The minimum absolute atomic E-state index is 0.0550. The van der Waals surface area contributed by atoms with Crippen molar-refractivity contribution in [2.24, 2.45) is 0 Å². The maximum atomic E-state index is 12.5. The minimum atomic E-state index is 0.0550. The van der Waals surface area contributed by atoms with Gasteiger partial charge in [0.15, 0.2) is 0 Å². The monoisotopic (exact) mass is 259 g/mol. The molecule has 0 saturated carbocycles. The zero-order valence-corrected chi connectivity index (χ0v) is 11.8. The molecular formula is C15H21N3O. The van der Waals surface area contributed by atoms with Gasteiger partial charge in [0, 0.05) is 6.54 Å². The maximum Gasteiger partial charge on any atom is 0.261 e. The Hall–Kier alpha value is -1.68. The standard InChI is InChI=1S/C15H21N3O/c1-4-12(16-5-2)14-17-13-10-8-7-9-11(13)15(19)18(14)6-3/h7-10,12,16H,4-6H2,1-3H3/t12-/m1/s1. The lowest BCUT2D eigenvalue weighted by molar-refractivity contribution is 0.475. The van der Waals surface area contributed by atoms with Gasteiger partial charge < -0.3 is 5.32 Å². The molecule has 102 valence electrons. The van der Waals surface area contributed by atoms with Crippen LogP contribution < -0.4 is 10.9 Å². The first-order chi connectivity index (χ1) is 9.22. The van der Waals surface area contributed by atoms with Gasteiger partial charge in [-0.1, -0.05) is 26.0 Å². The fourth-order valence-corrected chi connectivity index (χ4v) is 2.42. The van der Waals surface area contributed by atoms with Crippen molar-refractivity contribution in [2.75, 3.05) is 6.54 Å². The van der Waals surface area contributed by atoms with Gasteiger partial charge >= 0.3 is 0 Å². The zero-order valence-electron chi connectivity index (χ0n) is 11.8. The quantitative estimate of drug-likeness (QED) is 0.897. The largest absolute Gasteiger partial charge is 0.308 e. The molecule has 2 rings (SSSR count). The summed E-state index contributed by atoms with van der Waals surface area (Å²) in [6.07, 6.45) is 0.915. The highest BCUT2D eigenvalue weighted by Gasteiger charge is 2.16. The second-order valence-electron chi connectivity index (χ2n) is 4.56. The number of hydrogen-bond acceptors (Lipinski definition) is 3. The van der Waals surface area contributed by atoms with Crippen LogP contribution in [0.2, 0.25) is 0 Å². The first-order valence-corrected chi connectivity index (χ1v) is 6.95. The molecule has 0 bridgehead atoms. The van der Waals surface area contributed by atoms with Crippen LogP contribution in [0.4, 0.5) is 0 Å². The van der Waals surface area contributed by atoms with E-state index < -0.39 is 0 Å². The van der Waals surface area contributed by atoms with Crippen LogP contribution in [0.1, 0.15) is 39.1 Å². The Bertz CT molecular complexity index is 618. The molecular weight excluding hydrogens is 238 g/mol. The van der Waals surface area contributed by atoms with Crippen molar-refractivity contribution < 1.29 is 0 Å². The van der Waals surface area contributed by atoms with Crippen molar-refractivity contribution in [3.05, 3.63) is 40.4 Å². The molecule has 19 heavy (non-hydrogen) atoms. The van der Waals surface area contributed by atoms with Gasteiger partial charge in [-0.05, 0) is 32.0 Å². The number of aromatic nitrogens is 2. The van der Waals surface area contributed by atoms with E-state index in [1.165, 1.54) is 0 Å². The van der Waals surface area contributed by atoms with E-state index >= 15 is 0 Å². The van der Waals surface area contributed by atoms with Crippen LogP contribution >= 0.6 is 0 Å². The summed E-state index contributed by atoms with van der Waals surface area (Å²) >= 11 is 0. The number of hydrogen-bond donors (Lipinski definition) is 1. The Kier molecular flexibility index (Phi) is 4.32. The molecule has 0 aliphatic heterocycles. The predicted molar refractivity (Wildman–Crippen MR) is 78.4 cm³/mol. The molecule has 4 nitrogen and oxygen atoms in total. The van der Waals surface area contributed by atoms with Crippen LogP contribution in [0.5, 0.6) is 0 Å². The van der Waals surface area contributed by atoms with E-state index in [1.807, 2.05) is 31.2 Å². The van der Waals surface area contributed by atoms with Gasteiger partial charge in [-0.15, -0.1) is 0 Å². The van der Waals surface area contributed by atoms with Crippen LogP contribution in [0.15, 0.2) is 29.1 Å². The number of nitrogens with zero attached hydrogens (tertiary/aromatic N) is 2. The number of nitrogens with one attached hydrogen (secondary N) is 1. The first kappa shape index (κ1) is 13.7. The van der Waals surface area contributed by atoms with Gasteiger partial charge in [0.05, 0.1) is 16.9 Å². The van der Waals surface area contributed by atoms with Crippen molar-refractivity contribution in [2.45, 2.75) is 39.8 Å². The van der Waals surface area contributed by atoms with Crippen molar-refractivity contribution in [1.29, 1.82) is 0 Å². The van der Waals surface area contributed by atoms with Gasteiger partial charge in [0.25, 0.3) is 5.56 Å². The Balaban J connectivity index is 2.68. The van der Waals surface area contributed by atoms with Gasteiger partial charge in [-0.25, -0.2) is 4.98 Å². The highest BCUT2D eigenvalue weighted by atomic mass is 16.1. The summed E-state index contributed by atoms with van der Waals surface area (Å²) in [5.41, 5.74) is 0.836. The molecule has 0 spiro atoms. The van der Waals surface area contributed by atoms with E-state index in [9.17, 15) is 4.79 Å². The number of fused-ring (bicyclic) bond motifs is 1. The number of rotatable bonds is 5. The van der Waals surface area contributed by atoms with Crippen LogP contribution in [-0.4, -0.2) is 16.1 Å². The lowest BCUT2D eigenvalue weighted by atomic mass is 10.1. The van der Waals surface area contributed by atoms with Crippen LogP contribution in [0, 0.1) is 0 Å². The average Bonchev–Trinajstić information content (AvgIpc) is 2.45. The molecule has 0 aliphatic carbocycles. The average molecular weight is 259 g/mol. The van der Waals surface area contributed by atoms with Crippen LogP contribution in [0.3, 0.4) is 0 Å². The summed E-state index contributed by atoms with van der Waals surface area (Å²) in [6, 6.07) is 7.67. The molecule has 0 radical (unpaired) electrons. The summed E-state index contributed by atoms with van der Waals surface area (Å²) in [6.45, 7) is 7.67. The van der Waals surface area contributed by atoms with Crippen molar-refractivity contribution in [3.63, 3.8) is 0 Å². The first-order valence-electron chi connectivity index (χ1n) is 6.95. The molecule has 1 N–H and O–H groups in total. The van der Waals surface area contributed by atoms with E-state index in [-0.39, 0.29) is 11.6 Å². The lowest BCUT2D eigenvalue weighted by Crippen LogP contribution is -2.31. The summed E-state index contributed by atoms with van der Waals surface area (Å²) in [5.74, 6) is 0.843. The van der Waals surface area contributed by atoms with Gasteiger partial charge in [0.2, 0.25) is 0 Å². The van der Waals surface area contributed by atoms with E-state index in [0.717, 1.165) is 24.3 Å². The molecule has 0 fully saturated rings. The predicted octanol–water partition coefficient (Wildman–Crippen LogP) is 2.48. The van der Waals surface area contributed by atoms with Crippen molar-refractivity contribution in [3.8, 4) is 0 Å². The molecule has 0 saturated heterocycles. The molecule has 1 heterocycles. The Morgan fingerprint density at radius 2 is 2.00 bits per heavy atom. The zero-order chi connectivity index (χ0) is 13.8. The molecule has 0 amide bonds. The number of para-hydroxylation sites is 1. The Morgan fingerprint density at radius 1 is 1.26 bits per heavy atom. The smallest absolute Gasteiger partial charge is 0.261 e. The fraction of sp³-hybridized carbons (Fsp3) is 0.467. The van der Waals surface area contributed by atoms with E-state index in [0.29, 0.717) is 11.9 Å². The fourth-order valence-electron chi connectivity index (χ4n) is 2.42. The molecule has 2 aromatic rings. The molecule has 1 aromatic heterocycles. The molecule has 1 atom stereocenters. The highest BCUT2D eigenvalue weighted by molar-refractivity contribution is 5.77. The van der Waals surface area contributed by atoms with Crippen molar-refractivity contribution in [1.82, 2.24) is 14.9 Å². The number of benzene rings is 1. The van der Waals surface area contributed by atoms with E-state index in [1.54, 1.807) is 4.57 Å². The molecule has 0 unspecified atom stereocenters. The maximum absolute atomic E-state index is 12.5. The van der Waals surface area contributed by atoms with Crippen LogP contribution in [0.25, 0.3) is 10.9 Å². The Labute approximate surface area is 113 Å². The van der Waals surface area contributed by atoms with Gasteiger partial charge in [0.1, 0.15) is 5.82 Å². The summed E-state index contributed by atoms with van der Waals surface area (Å²) in [7, 11) is 0. The third-order valence-electron chi connectivity index (χ3n) is 3.38. The highest BCUT2D eigenvalue weighted by Crippen LogP contribution is 2.16. The summed E-state index contributed by atoms with van der Waals surface area (Å²) in [4.78, 5) is 17.2. The third kappa shape index (κ3) is 2.54. The van der Waals surface area contributed by atoms with E-state index in [4.69, 9.17) is 4.98 Å². The summed E-state index contributed by atoms with van der Waals surface area (Å²) in [5, 5.41) is 4.09. The SMILES string of the molecule is CCN[C@H](CC)c1nc2ccccc2c(=O)n1CC. The second-order valence-corrected chi connectivity index (χ2v) is 4.56. The van der Waals surface area contributed by atoms with Gasteiger partial charge in [-0.3, -0.25) is 9.36 Å². The topological polar surface area (TPSA) is 46.9 Å². The minimum Gasteiger partial charge on any atom is -0.308 e. The molecule has 0 aliphatic rings. The van der Waals surface area contributed by atoms with Gasteiger partial charge in [-0.2, -0.15) is 0 Å². The molecule has 4 heteroatoms. The summed E-state index contributed by atoms with van der Waals surface area (Å²) < 4.78 is 1.78. The third-order valence-corrected chi connectivity index (χ3v) is 3.38. The Morgan fingerprint density at radius 3 is 2.63 bits per heavy atom. The second kappa shape index (κ2) is 5.97. The normalized spacial score (nSPS) is 12.8. The lowest BCUT2D eigenvalue weighted by Gasteiger charge is -2.20. The molecule has 1 aromatic carbocycles.